The number of carbonyl (C=O) groups is 3. The second-order valence-electron chi connectivity index (χ2n) is 4.29. The molecule has 2 rings (SSSR count). The van der Waals surface area contributed by atoms with Crippen molar-refractivity contribution < 1.29 is 28.6 Å². The van der Waals surface area contributed by atoms with Crippen molar-refractivity contribution in [3.05, 3.63) is 29.3 Å². The third-order valence-corrected chi connectivity index (χ3v) is 2.95. The van der Waals surface area contributed by atoms with Gasteiger partial charge in [-0.2, -0.15) is 0 Å². The highest BCUT2D eigenvalue weighted by atomic mass is 16.6. The van der Waals surface area contributed by atoms with Gasteiger partial charge >= 0.3 is 11.9 Å². The smallest absolute Gasteiger partial charge is 0.347 e. The Morgan fingerprint density at radius 2 is 2.00 bits per heavy atom. The first-order valence-corrected chi connectivity index (χ1v) is 6.10. The molecule has 106 valence electrons. The topological polar surface area (TPSA) is 78.9 Å². The van der Waals surface area contributed by atoms with Gasteiger partial charge in [-0.15, -0.1) is 0 Å². The van der Waals surface area contributed by atoms with Gasteiger partial charge in [0.25, 0.3) is 0 Å². The molecule has 0 saturated carbocycles. The van der Waals surface area contributed by atoms with E-state index < -0.39 is 18.0 Å². The normalized spacial score (nSPS) is 17.5. The molecular weight excluding hydrogens is 264 g/mol. The van der Waals surface area contributed by atoms with Crippen molar-refractivity contribution in [2.75, 3.05) is 13.7 Å². The first kappa shape index (κ1) is 14.0. The van der Waals surface area contributed by atoms with Crippen LogP contribution in [0.1, 0.15) is 34.1 Å². The lowest BCUT2D eigenvalue weighted by atomic mass is 10.1. The minimum absolute atomic E-state index is 0.0655. The summed E-state index contributed by atoms with van der Waals surface area (Å²) in [5.41, 5.74) is 0.340. The summed E-state index contributed by atoms with van der Waals surface area (Å²) in [4.78, 5) is 34.8. The molecule has 0 aliphatic carbocycles. The molecule has 0 aromatic heterocycles. The summed E-state index contributed by atoms with van der Waals surface area (Å²) in [7, 11) is 1.23. The molecule has 1 heterocycles. The number of hydrogen-bond donors (Lipinski definition) is 0. The van der Waals surface area contributed by atoms with Gasteiger partial charge in [-0.05, 0) is 19.1 Å². The summed E-state index contributed by atoms with van der Waals surface area (Å²) in [6.07, 6.45) is -0.426. The van der Waals surface area contributed by atoms with Crippen molar-refractivity contribution in [2.24, 2.45) is 0 Å². The van der Waals surface area contributed by atoms with Crippen LogP contribution in [0.3, 0.4) is 0 Å². The van der Waals surface area contributed by atoms with Gasteiger partial charge in [0.2, 0.25) is 0 Å². The molecular formula is C14H14O6. The Morgan fingerprint density at radius 3 is 2.55 bits per heavy atom. The SMILES string of the molecule is COC(=O)c1cccc(C(C)=O)c1OC1CCOC1=O. The molecule has 0 radical (unpaired) electrons. The van der Waals surface area contributed by atoms with Crippen LogP contribution in [0.4, 0.5) is 0 Å². The number of ketones is 1. The lowest BCUT2D eigenvalue weighted by molar-refractivity contribution is -0.143. The summed E-state index contributed by atoms with van der Waals surface area (Å²) in [6, 6.07) is 4.57. The van der Waals surface area contributed by atoms with Gasteiger partial charge in [0.05, 0.1) is 19.3 Å². The first-order chi connectivity index (χ1) is 9.54. The summed E-state index contributed by atoms with van der Waals surface area (Å²) in [5, 5.41) is 0. The van der Waals surface area contributed by atoms with E-state index in [2.05, 4.69) is 4.74 Å². The molecule has 1 atom stereocenters. The van der Waals surface area contributed by atoms with Gasteiger partial charge in [0.15, 0.2) is 11.9 Å². The van der Waals surface area contributed by atoms with E-state index in [1.54, 1.807) is 6.07 Å². The van der Waals surface area contributed by atoms with E-state index in [0.29, 0.717) is 6.42 Å². The maximum atomic E-state index is 11.7. The van der Waals surface area contributed by atoms with Crippen LogP contribution in [-0.4, -0.2) is 37.5 Å². The Bertz CT molecular complexity index is 563. The third kappa shape index (κ3) is 2.64. The van der Waals surface area contributed by atoms with E-state index in [1.807, 2.05) is 0 Å². The molecule has 1 aromatic rings. The average molecular weight is 278 g/mol. The molecule has 6 nitrogen and oxygen atoms in total. The Morgan fingerprint density at radius 1 is 1.30 bits per heavy atom. The van der Waals surface area contributed by atoms with Gasteiger partial charge in [-0.3, -0.25) is 4.79 Å². The Labute approximate surface area is 115 Å². The Hall–Kier alpha value is -2.37. The van der Waals surface area contributed by atoms with Gasteiger partial charge in [-0.25, -0.2) is 9.59 Å². The molecule has 1 fully saturated rings. The van der Waals surface area contributed by atoms with Crippen LogP contribution in [0.15, 0.2) is 18.2 Å². The minimum Gasteiger partial charge on any atom is -0.477 e. The van der Waals surface area contributed by atoms with Crippen molar-refractivity contribution in [3.8, 4) is 5.75 Å². The zero-order chi connectivity index (χ0) is 14.7. The standard InChI is InChI=1S/C14H14O6/c1-8(15)9-4-3-5-10(13(16)18-2)12(9)20-11-6-7-19-14(11)17/h3-5,11H,6-7H2,1-2H3. The molecule has 0 N–H and O–H groups in total. The number of Topliss-reactive ketones (excluding diaryl/α,β-unsaturated/α-hetero) is 1. The number of carbonyl (C=O) groups excluding carboxylic acids is 3. The number of cyclic esters (lactones) is 1. The number of rotatable bonds is 4. The summed E-state index contributed by atoms with van der Waals surface area (Å²) in [6.45, 7) is 1.62. The summed E-state index contributed by atoms with van der Waals surface area (Å²) < 4.78 is 15.0. The quantitative estimate of drug-likeness (QED) is 0.611. The Balaban J connectivity index is 2.43. The minimum atomic E-state index is -0.807. The second kappa shape index (κ2) is 5.73. The van der Waals surface area contributed by atoms with Crippen molar-refractivity contribution >= 4 is 17.7 Å². The molecule has 6 heteroatoms. The highest BCUT2D eigenvalue weighted by Crippen LogP contribution is 2.28. The van der Waals surface area contributed by atoms with Gasteiger partial charge in [0, 0.05) is 6.42 Å². The van der Waals surface area contributed by atoms with Crippen molar-refractivity contribution in [3.63, 3.8) is 0 Å². The van der Waals surface area contributed by atoms with E-state index in [9.17, 15) is 14.4 Å². The molecule has 1 aromatic carbocycles. The van der Waals surface area contributed by atoms with Gasteiger partial charge in [-0.1, -0.05) is 6.07 Å². The van der Waals surface area contributed by atoms with Crippen LogP contribution in [0.2, 0.25) is 0 Å². The lowest BCUT2D eigenvalue weighted by Crippen LogP contribution is -2.24. The fourth-order valence-corrected chi connectivity index (χ4v) is 1.94. The molecule has 1 saturated heterocycles. The fraction of sp³-hybridized carbons (Fsp3) is 0.357. The van der Waals surface area contributed by atoms with Gasteiger partial charge < -0.3 is 14.2 Å². The average Bonchev–Trinajstić information content (AvgIpc) is 2.83. The monoisotopic (exact) mass is 278 g/mol. The van der Waals surface area contributed by atoms with E-state index in [0.717, 1.165) is 0 Å². The number of ether oxygens (including phenoxy) is 3. The number of methoxy groups -OCH3 is 1. The highest BCUT2D eigenvalue weighted by Gasteiger charge is 2.31. The van der Waals surface area contributed by atoms with Crippen LogP contribution < -0.4 is 4.74 Å². The van der Waals surface area contributed by atoms with Crippen LogP contribution in [0, 0.1) is 0 Å². The molecule has 0 spiro atoms. The number of hydrogen-bond acceptors (Lipinski definition) is 6. The van der Waals surface area contributed by atoms with Gasteiger partial charge in [0.1, 0.15) is 11.3 Å². The van der Waals surface area contributed by atoms with E-state index in [-0.39, 0.29) is 29.3 Å². The van der Waals surface area contributed by atoms with Crippen molar-refractivity contribution in [2.45, 2.75) is 19.4 Å². The van der Waals surface area contributed by atoms with E-state index >= 15 is 0 Å². The Kier molecular flexibility index (Phi) is 4.02. The maximum Gasteiger partial charge on any atom is 0.347 e. The fourth-order valence-electron chi connectivity index (χ4n) is 1.94. The zero-order valence-electron chi connectivity index (χ0n) is 11.2. The molecule has 20 heavy (non-hydrogen) atoms. The highest BCUT2D eigenvalue weighted by molar-refractivity contribution is 6.02. The second-order valence-corrected chi connectivity index (χ2v) is 4.29. The van der Waals surface area contributed by atoms with Crippen LogP contribution in [0.5, 0.6) is 5.75 Å². The summed E-state index contributed by atoms with van der Waals surface area (Å²) in [5.74, 6) is -1.33. The van der Waals surface area contributed by atoms with Crippen molar-refractivity contribution in [1.82, 2.24) is 0 Å². The predicted molar refractivity (Wildman–Crippen MR) is 67.8 cm³/mol. The lowest BCUT2D eigenvalue weighted by Gasteiger charge is -2.15. The number of esters is 2. The summed E-state index contributed by atoms with van der Waals surface area (Å²) >= 11 is 0. The maximum absolute atomic E-state index is 11.7. The van der Waals surface area contributed by atoms with Crippen molar-refractivity contribution in [1.29, 1.82) is 0 Å². The van der Waals surface area contributed by atoms with E-state index in [4.69, 9.17) is 9.47 Å². The third-order valence-electron chi connectivity index (χ3n) is 2.95. The first-order valence-electron chi connectivity index (χ1n) is 6.10. The molecule has 0 bridgehead atoms. The largest absolute Gasteiger partial charge is 0.477 e. The molecule has 0 amide bonds. The molecule has 1 aliphatic rings. The van der Waals surface area contributed by atoms with E-state index in [1.165, 1.54) is 26.2 Å². The number of para-hydroxylation sites is 1. The van der Waals surface area contributed by atoms with Crippen LogP contribution in [-0.2, 0) is 14.3 Å². The molecule has 1 unspecified atom stereocenters. The number of benzene rings is 1. The predicted octanol–water partition coefficient (Wildman–Crippen LogP) is 1.37. The molecule has 1 aliphatic heterocycles. The van der Waals surface area contributed by atoms with Crippen LogP contribution in [0.25, 0.3) is 0 Å². The zero-order valence-corrected chi connectivity index (χ0v) is 11.2. The van der Waals surface area contributed by atoms with Crippen LogP contribution >= 0.6 is 0 Å².